The van der Waals surface area contributed by atoms with E-state index in [0.717, 1.165) is 13.1 Å². The van der Waals surface area contributed by atoms with E-state index in [1.54, 1.807) is 0 Å². The Kier molecular flexibility index (Phi) is 5.10. The van der Waals surface area contributed by atoms with E-state index in [0.29, 0.717) is 6.54 Å². The summed E-state index contributed by atoms with van der Waals surface area (Å²) >= 11 is 5.12. The van der Waals surface area contributed by atoms with Crippen molar-refractivity contribution in [3.05, 3.63) is 0 Å². The lowest BCUT2D eigenvalue weighted by molar-refractivity contribution is 0.252. The first-order chi connectivity index (χ1) is 4.20. The van der Waals surface area contributed by atoms with E-state index in [-0.39, 0.29) is 0 Å². The van der Waals surface area contributed by atoms with Crippen LogP contribution in [0.2, 0.25) is 0 Å². The minimum atomic E-state index is -1.22. The fourth-order valence-electron chi connectivity index (χ4n) is 0.677. The van der Waals surface area contributed by atoms with Gasteiger partial charge in [0.1, 0.15) is 0 Å². The van der Waals surface area contributed by atoms with Crippen LogP contribution >= 0.6 is 11.6 Å². The molecule has 0 aliphatic rings. The lowest BCUT2D eigenvalue weighted by Crippen LogP contribution is -2.27. The molecule has 9 heavy (non-hydrogen) atoms. The van der Waals surface area contributed by atoms with Gasteiger partial charge >= 0.3 is 0 Å². The molecule has 0 N–H and O–H groups in total. The van der Waals surface area contributed by atoms with Crippen LogP contribution in [0.25, 0.3) is 0 Å². The zero-order chi connectivity index (χ0) is 7.28. The molecule has 0 radical (unpaired) electrons. The van der Waals surface area contributed by atoms with Crippen molar-refractivity contribution in [3.63, 3.8) is 0 Å². The van der Waals surface area contributed by atoms with E-state index in [4.69, 9.17) is 11.6 Å². The molecule has 1 atom stereocenters. The van der Waals surface area contributed by atoms with E-state index in [1.807, 2.05) is 18.7 Å². The van der Waals surface area contributed by atoms with Gasteiger partial charge in [-0.05, 0) is 13.1 Å². The molecule has 0 aromatic rings. The molecule has 0 bridgehead atoms. The monoisotopic (exact) mass is 153 g/mol. The second-order valence-electron chi connectivity index (χ2n) is 1.88. The SMILES string of the molecule is CCN(CC)CC(F)Cl. The summed E-state index contributed by atoms with van der Waals surface area (Å²) in [5.41, 5.74) is -1.22. The number of hydrogen-bond donors (Lipinski definition) is 0. The fraction of sp³-hybridized carbons (Fsp3) is 1.00. The third kappa shape index (κ3) is 4.67. The van der Waals surface area contributed by atoms with E-state index in [1.165, 1.54) is 0 Å². The van der Waals surface area contributed by atoms with Crippen LogP contribution in [0.5, 0.6) is 0 Å². The highest BCUT2D eigenvalue weighted by Gasteiger charge is 2.05. The van der Waals surface area contributed by atoms with Crippen molar-refractivity contribution in [2.45, 2.75) is 19.5 Å². The van der Waals surface area contributed by atoms with Gasteiger partial charge < -0.3 is 0 Å². The second kappa shape index (κ2) is 5.00. The summed E-state index contributed by atoms with van der Waals surface area (Å²) in [6.07, 6.45) is 0. The van der Waals surface area contributed by atoms with Crippen LogP contribution in [-0.4, -0.2) is 30.2 Å². The van der Waals surface area contributed by atoms with Gasteiger partial charge in [-0.3, -0.25) is 4.90 Å². The molecule has 0 aromatic heterocycles. The number of rotatable bonds is 4. The Morgan fingerprint density at radius 2 is 1.89 bits per heavy atom. The normalized spacial score (nSPS) is 14.3. The number of halogens is 2. The Bertz CT molecular complexity index is 64.1. The zero-order valence-electron chi connectivity index (χ0n) is 5.90. The molecule has 0 aliphatic carbocycles. The first-order valence-corrected chi connectivity index (χ1v) is 3.64. The van der Waals surface area contributed by atoms with E-state index < -0.39 is 5.63 Å². The molecule has 3 heteroatoms. The Morgan fingerprint density at radius 3 is 2.00 bits per heavy atom. The molecule has 1 nitrogen and oxygen atoms in total. The van der Waals surface area contributed by atoms with Gasteiger partial charge in [-0.2, -0.15) is 0 Å². The molecule has 0 aromatic carbocycles. The maximum Gasteiger partial charge on any atom is 0.186 e. The quantitative estimate of drug-likeness (QED) is 0.558. The van der Waals surface area contributed by atoms with Gasteiger partial charge in [0.15, 0.2) is 5.63 Å². The molecule has 0 saturated heterocycles. The molecule has 1 unspecified atom stereocenters. The topological polar surface area (TPSA) is 3.24 Å². The zero-order valence-corrected chi connectivity index (χ0v) is 6.66. The van der Waals surface area contributed by atoms with Crippen molar-refractivity contribution in [2.24, 2.45) is 0 Å². The molecule has 0 saturated carbocycles. The number of hydrogen-bond acceptors (Lipinski definition) is 1. The van der Waals surface area contributed by atoms with Crippen LogP contribution in [0.4, 0.5) is 4.39 Å². The first-order valence-electron chi connectivity index (χ1n) is 3.21. The number of alkyl halides is 2. The lowest BCUT2D eigenvalue weighted by atomic mass is 10.5. The average molecular weight is 154 g/mol. The molecule has 0 rings (SSSR count). The summed E-state index contributed by atoms with van der Waals surface area (Å²) < 4.78 is 12.0. The predicted octanol–water partition coefficient (Wildman–Crippen LogP) is 1.86. The summed E-state index contributed by atoms with van der Waals surface area (Å²) in [5, 5.41) is 0. The summed E-state index contributed by atoms with van der Waals surface area (Å²) in [6.45, 7) is 6.05. The number of nitrogens with zero attached hydrogens (tertiary/aromatic N) is 1. The molecule has 0 aliphatic heterocycles. The van der Waals surface area contributed by atoms with E-state index >= 15 is 0 Å². The van der Waals surface area contributed by atoms with Gasteiger partial charge in [0.2, 0.25) is 0 Å². The Balaban J connectivity index is 3.31. The summed E-state index contributed by atoms with van der Waals surface area (Å²) in [5.74, 6) is 0. The smallest absolute Gasteiger partial charge is 0.186 e. The molecular weight excluding hydrogens is 141 g/mol. The Labute approximate surface area is 60.8 Å². The first kappa shape index (κ1) is 9.18. The maximum absolute atomic E-state index is 12.0. The Morgan fingerprint density at radius 1 is 1.44 bits per heavy atom. The Hall–Kier alpha value is 0.180. The van der Waals surface area contributed by atoms with Crippen LogP contribution in [0.15, 0.2) is 0 Å². The highest BCUT2D eigenvalue weighted by atomic mass is 35.5. The van der Waals surface area contributed by atoms with E-state index in [2.05, 4.69) is 0 Å². The second-order valence-corrected chi connectivity index (χ2v) is 2.35. The fourth-order valence-corrected chi connectivity index (χ4v) is 0.872. The van der Waals surface area contributed by atoms with E-state index in [9.17, 15) is 4.39 Å². The van der Waals surface area contributed by atoms with Crippen molar-refractivity contribution in [1.82, 2.24) is 4.90 Å². The van der Waals surface area contributed by atoms with Gasteiger partial charge in [-0.15, -0.1) is 0 Å². The van der Waals surface area contributed by atoms with Crippen LogP contribution in [0, 0.1) is 0 Å². The van der Waals surface area contributed by atoms with Crippen molar-refractivity contribution < 1.29 is 4.39 Å². The van der Waals surface area contributed by atoms with Gasteiger partial charge in [0.25, 0.3) is 0 Å². The van der Waals surface area contributed by atoms with Crippen molar-refractivity contribution in [2.75, 3.05) is 19.6 Å². The van der Waals surface area contributed by atoms with Crippen LogP contribution in [-0.2, 0) is 0 Å². The van der Waals surface area contributed by atoms with Crippen molar-refractivity contribution in [1.29, 1.82) is 0 Å². The van der Waals surface area contributed by atoms with Crippen LogP contribution < -0.4 is 0 Å². The third-order valence-corrected chi connectivity index (χ3v) is 1.43. The molecule has 0 spiro atoms. The molecule has 0 amide bonds. The minimum Gasteiger partial charge on any atom is -0.300 e. The van der Waals surface area contributed by atoms with Gasteiger partial charge in [-0.1, -0.05) is 25.4 Å². The van der Waals surface area contributed by atoms with Crippen molar-refractivity contribution >= 4 is 11.6 Å². The summed E-state index contributed by atoms with van der Waals surface area (Å²) in [4.78, 5) is 1.94. The molecule has 56 valence electrons. The molecular formula is C6H13ClFN. The highest BCUT2D eigenvalue weighted by Crippen LogP contribution is 1.99. The van der Waals surface area contributed by atoms with Crippen molar-refractivity contribution in [3.8, 4) is 0 Å². The molecule has 0 heterocycles. The largest absolute Gasteiger partial charge is 0.300 e. The predicted molar refractivity (Wildman–Crippen MR) is 38.5 cm³/mol. The van der Waals surface area contributed by atoms with Gasteiger partial charge in [0.05, 0.1) is 0 Å². The summed E-state index contributed by atoms with van der Waals surface area (Å²) in [6, 6.07) is 0. The standard InChI is InChI=1S/C6H13ClFN/c1-3-9(4-2)5-6(7)8/h6H,3-5H2,1-2H3. The van der Waals surface area contributed by atoms with Gasteiger partial charge in [-0.25, -0.2) is 4.39 Å². The average Bonchev–Trinajstić information content (AvgIpc) is 1.82. The molecule has 0 fully saturated rings. The minimum absolute atomic E-state index is 0.342. The van der Waals surface area contributed by atoms with Crippen LogP contribution in [0.1, 0.15) is 13.8 Å². The highest BCUT2D eigenvalue weighted by molar-refractivity contribution is 6.19. The maximum atomic E-state index is 12.0. The third-order valence-electron chi connectivity index (χ3n) is 1.29. The lowest BCUT2D eigenvalue weighted by Gasteiger charge is -2.16. The summed E-state index contributed by atoms with van der Waals surface area (Å²) in [7, 11) is 0. The van der Waals surface area contributed by atoms with Gasteiger partial charge in [0, 0.05) is 6.54 Å². The van der Waals surface area contributed by atoms with Crippen LogP contribution in [0.3, 0.4) is 0 Å².